The van der Waals surface area contributed by atoms with E-state index in [2.05, 4.69) is 15.4 Å². The van der Waals surface area contributed by atoms with Crippen LogP contribution in [-0.4, -0.2) is 22.6 Å². The standard InChI is InChI=1S/C20H18N4O2S2/c1-15-9-11-16(12-10-15)19-22-20(21-14-17-6-5-13-27-17)24(23-19)28(25,26)18-7-3-2-4-8-18/h2-13H,14H2,1H3,(H,21,22,23). The Morgan fingerprint density at radius 1 is 1.00 bits per heavy atom. The van der Waals surface area contributed by atoms with Crippen LogP contribution in [-0.2, 0) is 16.6 Å². The minimum absolute atomic E-state index is 0.162. The smallest absolute Gasteiger partial charge is 0.286 e. The van der Waals surface area contributed by atoms with Gasteiger partial charge >= 0.3 is 0 Å². The first-order valence-corrected chi connectivity index (χ1v) is 11.0. The number of aromatic nitrogens is 3. The maximum Gasteiger partial charge on any atom is 0.286 e. The molecule has 2 heterocycles. The Hall–Kier alpha value is -2.97. The summed E-state index contributed by atoms with van der Waals surface area (Å²) in [5.41, 5.74) is 1.86. The van der Waals surface area contributed by atoms with Gasteiger partial charge in [0.2, 0.25) is 5.95 Å². The van der Waals surface area contributed by atoms with Crippen LogP contribution < -0.4 is 5.32 Å². The summed E-state index contributed by atoms with van der Waals surface area (Å²) in [6.45, 7) is 2.46. The van der Waals surface area contributed by atoms with Crippen LogP contribution in [0.2, 0.25) is 0 Å². The van der Waals surface area contributed by atoms with E-state index >= 15 is 0 Å². The van der Waals surface area contributed by atoms with Crippen LogP contribution in [0, 0.1) is 6.92 Å². The van der Waals surface area contributed by atoms with Gasteiger partial charge in [0.05, 0.1) is 11.4 Å². The molecule has 0 fully saturated rings. The number of thiophene rings is 1. The predicted octanol–water partition coefficient (Wildman–Crippen LogP) is 4.16. The van der Waals surface area contributed by atoms with Crippen molar-refractivity contribution in [2.45, 2.75) is 18.4 Å². The van der Waals surface area contributed by atoms with Crippen LogP contribution in [0.4, 0.5) is 5.95 Å². The van der Waals surface area contributed by atoms with Crippen molar-refractivity contribution in [1.82, 2.24) is 14.2 Å². The number of rotatable bonds is 6. The Bertz CT molecular complexity index is 1170. The number of nitrogens with one attached hydrogen (secondary N) is 1. The SMILES string of the molecule is Cc1ccc(-c2nc(NCc3cccs3)n(S(=O)(=O)c3ccccc3)n2)cc1. The Morgan fingerprint density at radius 2 is 1.75 bits per heavy atom. The highest BCUT2D eigenvalue weighted by Gasteiger charge is 2.24. The first kappa shape index (κ1) is 18.4. The molecule has 0 aliphatic carbocycles. The number of benzene rings is 2. The van der Waals surface area contributed by atoms with Gasteiger partial charge in [0.15, 0.2) is 5.82 Å². The van der Waals surface area contributed by atoms with Crippen molar-refractivity contribution >= 4 is 27.3 Å². The van der Waals surface area contributed by atoms with E-state index < -0.39 is 10.0 Å². The molecule has 0 aliphatic heterocycles. The van der Waals surface area contributed by atoms with Crippen LogP contribution in [0.25, 0.3) is 11.4 Å². The van der Waals surface area contributed by atoms with E-state index in [1.807, 2.05) is 48.7 Å². The summed E-state index contributed by atoms with van der Waals surface area (Å²) >= 11 is 1.59. The first-order valence-electron chi connectivity index (χ1n) is 8.65. The molecule has 0 radical (unpaired) electrons. The molecule has 0 aliphatic rings. The molecule has 0 saturated heterocycles. The van der Waals surface area contributed by atoms with Crippen molar-refractivity contribution < 1.29 is 8.42 Å². The lowest BCUT2D eigenvalue weighted by molar-refractivity contribution is 0.581. The van der Waals surface area contributed by atoms with Crippen LogP contribution in [0.5, 0.6) is 0 Å². The maximum atomic E-state index is 13.1. The maximum absolute atomic E-state index is 13.1. The van der Waals surface area contributed by atoms with Crippen molar-refractivity contribution in [2.75, 3.05) is 5.32 Å². The van der Waals surface area contributed by atoms with E-state index in [1.54, 1.807) is 41.7 Å². The second-order valence-electron chi connectivity index (χ2n) is 6.22. The van der Waals surface area contributed by atoms with Crippen LogP contribution >= 0.6 is 11.3 Å². The van der Waals surface area contributed by atoms with Gasteiger partial charge in [-0.1, -0.05) is 54.1 Å². The summed E-state index contributed by atoms with van der Waals surface area (Å²) in [5, 5.41) is 9.40. The summed E-state index contributed by atoms with van der Waals surface area (Å²) in [7, 11) is -3.87. The van der Waals surface area contributed by atoms with Crippen molar-refractivity contribution in [3.8, 4) is 11.4 Å². The van der Waals surface area contributed by atoms with Gasteiger partial charge in [-0.3, -0.25) is 0 Å². The molecule has 28 heavy (non-hydrogen) atoms. The minimum Gasteiger partial charge on any atom is -0.349 e. The third kappa shape index (κ3) is 3.69. The minimum atomic E-state index is -3.87. The fourth-order valence-corrected chi connectivity index (χ4v) is 4.53. The molecular formula is C20H18N4O2S2. The van der Waals surface area contributed by atoms with E-state index in [4.69, 9.17) is 0 Å². The molecule has 0 amide bonds. The molecule has 0 unspecified atom stereocenters. The van der Waals surface area contributed by atoms with Gasteiger partial charge in [0, 0.05) is 10.4 Å². The molecule has 142 valence electrons. The highest BCUT2D eigenvalue weighted by molar-refractivity contribution is 7.90. The molecule has 1 N–H and O–H groups in total. The zero-order valence-electron chi connectivity index (χ0n) is 15.1. The number of anilines is 1. The molecule has 0 atom stereocenters. The third-order valence-corrected chi connectivity index (χ3v) is 6.61. The van der Waals surface area contributed by atoms with Crippen molar-refractivity contribution in [1.29, 1.82) is 0 Å². The Labute approximate surface area is 167 Å². The van der Waals surface area contributed by atoms with Gasteiger partial charge < -0.3 is 5.32 Å². The average molecular weight is 411 g/mol. The zero-order chi connectivity index (χ0) is 19.6. The van der Waals surface area contributed by atoms with E-state index in [9.17, 15) is 8.42 Å². The van der Waals surface area contributed by atoms with Crippen molar-refractivity contribution in [3.05, 3.63) is 82.6 Å². The second-order valence-corrected chi connectivity index (χ2v) is 9.02. The predicted molar refractivity (Wildman–Crippen MR) is 111 cm³/mol. The Kier molecular flexibility index (Phi) is 4.97. The first-order chi connectivity index (χ1) is 13.5. The lowest BCUT2D eigenvalue weighted by Gasteiger charge is -2.08. The molecule has 4 aromatic rings. The lowest BCUT2D eigenvalue weighted by Crippen LogP contribution is -2.18. The summed E-state index contributed by atoms with van der Waals surface area (Å²) in [6, 6.07) is 19.8. The van der Waals surface area contributed by atoms with E-state index in [1.165, 1.54) is 0 Å². The molecule has 0 saturated carbocycles. The van der Waals surface area contributed by atoms with Crippen LogP contribution in [0.3, 0.4) is 0 Å². The average Bonchev–Trinajstić information content (AvgIpc) is 3.38. The van der Waals surface area contributed by atoms with Gasteiger partial charge in [-0.2, -0.15) is 13.4 Å². The van der Waals surface area contributed by atoms with Crippen LogP contribution in [0.15, 0.2) is 77.0 Å². The molecule has 8 heteroatoms. The van der Waals surface area contributed by atoms with Gasteiger partial charge in [0.1, 0.15) is 0 Å². The lowest BCUT2D eigenvalue weighted by atomic mass is 10.1. The van der Waals surface area contributed by atoms with E-state index in [0.29, 0.717) is 12.4 Å². The third-order valence-electron chi connectivity index (χ3n) is 4.16. The van der Waals surface area contributed by atoms with Gasteiger partial charge in [0.25, 0.3) is 10.0 Å². The Balaban J connectivity index is 1.77. The highest BCUT2D eigenvalue weighted by atomic mass is 32.2. The summed E-state index contributed by atoms with van der Waals surface area (Å²) in [5.74, 6) is 0.543. The molecule has 2 aromatic heterocycles. The molecule has 0 spiro atoms. The summed E-state index contributed by atoms with van der Waals surface area (Å²) in [6.07, 6.45) is 0. The number of hydrogen-bond donors (Lipinski definition) is 1. The fourth-order valence-electron chi connectivity index (χ4n) is 2.67. The monoisotopic (exact) mass is 410 g/mol. The summed E-state index contributed by atoms with van der Waals surface area (Å²) in [4.78, 5) is 5.70. The molecule has 0 bridgehead atoms. The van der Waals surface area contributed by atoms with Crippen molar-refractivity contribution in [2.24, 2.45) is 0 Å². The zero-order valence-corrected chi connectivity index (χ0v) is 16.7. The van der Waals surface area contributed by atoms with Crippen LogP contribution in [0.1, 0.15) is 10.4 Å². The number of nitrogens with zero attached hydrogens (tertiary/aromatic N) is 3. The number of aryl methyl sites for hydroxylation is 1. The second kappa shape index (κ2) is 7.57. The molecule has 6 nitrogen and oxygen atoms in total. The van der Waals surface area contributed by atoms with Gasteiger partial charge in [-0.25, -0.2) is 0 Å². The van der Waals surface area contributed by atoms with Crippen molar-refractivity contribution in [3.63, 3.8) is 0 Å². The van der Waals surface area contributed by atoms with Gasteiger partial charge in [-0.05, 0) is 30.5 Å². The number of hydrogen-bond acceptors (Lipinski definition) is 6. The summed E-state index contributed by atoms with van der Waals surface area (Å²) < 4.78 is 27.3. The molecular weight excluding hydrogens is 392 g/mol. The quantitative estimate of drug-likeness (QED) is 0.516. The Morgan fingerprint density at radius 3 is 2.43 bits per heavy atom. The largest absolute Gasteiger partial charge is 0.349 e. The molecule has 4 rings (SSSR count). The molecule has 2 aromatic carbocycles. The normalized spacial score (nSPS) is 11.5. The van der Waals surface area contributed by atoms with E-state index in [-0.39, 0.29) is 10.8 Å². The fraction of sp³-hybridized carbons (Fsp3) is 0.100. The van der Waals surface area contributed by atoms with Gasteiger partial charge in [-0.15, -0.1) is 20.5 Å². The topological polar surface area (TPSA) is 76.9 Å². The van der Waals surface area contributed by atoms with E-state index in [0.717, 1.165) is 20.1 Å². The highest BCUT2D eigenvalue weighted by Crippen LogP contribution is 2.23.